The van der Waals surface area contributed by atoms with E-state index >= 15 is 0 Å². The molecule has 2 rings (SSSR count). The van der Waals surface area contributed by atoms with Gasteiger partial charge >= 0.3 is 0 Å². The molecule has 1 aromatic carbocycles. The van der Waals surface area contributed by atoms with E-state index in [1.807, 2.05) is 18.2 Å². The molecular formula is C20H35IN4O2. The molecular weight excluding hydrogens is 455 g/mol. The Balaban J connectivity index is 0.00000364. The van der Waals surface area contributed by atoms with Gasteiger partial charge in [0.1, 0.15) is 0 Å². The third-order valence-electron chi connectivity index (χ3n) is 4.75. The van der Waals surface area contributed by atoms with E-state index in [1.165, 1.54) is 38.9 Å². The second kappa shape index (κ2) is 13.0. The lowest BCUT2D eigenvalue weighted by Gasteiger charge is -2.31. The first-order valence-electron chi connectivity index (χ1n) is 9.69. The molecule has 0 aliphatic carbocycles. The van der Waals surface area contributed by atoms with Crippen molar-refractivity contribution >= 4 is 35.6 Å². The summed E-state index contributed by atoms with van der Waals surface area (Å²) in [6, 6.07) is 5.79. The summed E-state index contributed by atoms with van der Waals surface area (Å²) in [5.74, 6) is 2.91. The maximum atomic E-state index is 5.37. The molecule has 0 bridgehead atoms. The number of nitrogens with one attached hydrogen (secondary N) is 2. The zero-order valence-electron chi connectivity index (χ0n) is 17.1. The normalized spacial score (nSPS) is 15.8. The zero-order valence-corrected chi connectivity index (χ0v) is 19.4. The van der Waals surface area contributed by atoms with Crippen LogP contribution in [0, 0.1) is 5.92 Å². The quantitative estimate of drug-likeness (QED) is 0.330. The van der Waals surface area contributed by atoms with Crippen LogP contribution in [0.3, 0.4) is 0 Å². The van der Waals surface area contributed by atoms with Crippen LogP contribution in [0.1, 0.15) is 33.1 Å². The van der Waals surface area contributed by atoms with Gasteiger partial charge in [0.15, 0.2) is 17.5 Å². The lowest BCUT2D eigenvalue weighted by atomic mass is 9.97. The average molecular weight is 490 g/mol. The third kappa shape index (κ3) is 7.73. The first-order chi connectivity index (χ1) is 12.7. The maximum absolute atomic E-state index is 5.37. The fourth-order valence-corrected chi connectivity index (χ4v) is 3.29. The number of rotatable bonds is 8. The van der Waals surface area contributed by atoms with Gasteiger partial charge in [-0.25, -0.2) is 0 Å². The summed E-state index contributed by atoms with van der Waals surface area (Å²) in [6.07, 6.45) is 3.71. The van der Waals surface area contributed by atoms with Crippen LogP contribution in [0.5, 0.6) is 11.5 Å². The average Bonchev–Trinajstić information content (AvgIpc) is 2.67. The summed E-state index contributed by atoms with van der Waals surface area (Å²) in [5, 5.41) is 6.69. The molecule has 7 heteroatoms. The van der Waals surface area contributed by atoms with E-state index in [-0.39, 0.29) is 24.0 Å². The Morgan fingerprint density at radius 2 is 1.85 bits per heavy atom. The molecule has 1 fully saturated rings. The Kier molecular flexibility index (Phi) is 11.5. The lowest BCUT2D eigenvalue weighted by Crippen LogP contribution is -2.36. The van der Waals surface area contributed by atoms with Gasteiger partial charge in [0.2, 0.25) is 0 Å². The molecule has 0 radical (unpaired) electrons. The highest BCUT2D eigenvalue weighted by Crippen LogP contribution is 2.29. The Morgan fingerprint density at radius 1 is 1.15 bits per heavy atom. The van der Waals surface area contributed by atoms with Gasteiger partial charge in [-0.2, -0.15) is 0 Å². The third-order valence-corrected chi connectivity index (χ3v) is 4.75. The minimum absolute atomic E-state index is 0. The Morgan fingerprint density at radius 3 is 2.44 bits per heavy atom. The first-order valence-corrected chi connectivity index (χ1v) is 9.69. The van der Waals surface area contributed by atoms with Crippen molar-refractivity contribution in [1.29, 1.82) is 0 Å². The molecule has 6 nitrogen and oxygen atoms in total. The minimum Gasteiger partial charge on any atom is -0.493 e. The smallest absolute Gasteiger partial charge is 0.195 e. The Hall–Kier alpha value is -1.22. The van der Waals surface area contributed by atoms with Gasteiger partial charge in [0.25, 0.3) is 0 Å². The molecule has 0 unspecified atom stereocenters. The molecule has 2 N–H and O–H groups in total. The number of hydrogen-bond donors (Lipinski definition) is 2. The molecule has 0 aromatic heterocycles. The van der Waals surface area contributed by atoms with E-state index in [4.69, 9.17) is 14.5 Å². The topological polar surface area (TPSA) is 58.1 Å². The van der Waals surface area contributed by atoms with E-state index in [1.54, 1.807) is 14.2 Å². The van der Waals surface area contributed by atoms with Crippen molar-refractivity contribution in [2.45, 2.75) is 33.1 Å². The van der Waals surface area contributed by atoms with Crippen LogP contribution in [0.15, 0.2) is 23.2 Å². The summed E-state index contributed by atoms with van der Waals surface area (Å²) in [7, 11) is 3.29. The van der Waals surface area contributed by atoms with Gasteiger partial charge in [0.05, 0.1) is 14.2 Å². The number of nitrogens with zero attached hydrogens (tertiary/aromatic N) is 2. The van der Waals surface area contributed by atoms with Crippen LogP contribution >= 0.6 is 24.0 Å². The van der Waals surface area contributed by atoms with Crippen LogP contribution in [0.2, 0.25) is 0 Å². The van der Waals surface area contributed by atoms with Gasteiger partial charge < -0.3 is 25.0 Å². The van der Waals surface area contributed by atoms with Crippen molar-refractivity contribution in [1.82, 2.24) is 10.2 Å². The number of guanidine groups is 1. The first kappa shape index (κ1) is 23.8. The number of likely N-dealkylation sites (tertiary alicyclic amines) is 1. The number of anilines is 1. The standard InChI is InChI=1S/C20H34N4O2.HI/c1-5-11-24-12-9-16(10-13-24)15-22-20(21-6-2)23-17-7-8-18(25-3)19(14-17)26-4;/h7-8,14,16H,5-6,9-13,15H2,1-4H3,(H2,21,22,23);1H. The molecule has 1 heterocycles. The highest BCUT2D eigenvalue weighted by atomic mass is 127. The van der Waals surface area contributed by atoms with E-state index in [2.05, 4.69) is 29.4 Å². The summed E-state index contributed by atoms with van der Waals surface area (Å²) in [4.78, 5) is 7.37. The van der Waals surface area contributed by atoms with Gasteiger partial charge in [0, 0.05) is 24.8 Å². The van der Waals surface area contributed by atoms with Crippen molar-refractivity contribution in [2.24, 2.45) is 10.9 Å². The predicted molar refractivity (Wildman–Crippen MR) is 124 cm³/mol. The summed E-state index contributed by atoms with van der Waals surface area (Å²) in [5.41, 5.74) is 0.931. The van der Waals surface area contributed by atoms with Crippen molar-refractivity contribution in [3.05, 3.63) is 18.2 Å². The second-order valence-electron chi connectivity index (χ2n) is 6.70. The molecule has 1 saturated heterocycles. The van der Waals surface area contributed by atoms with E-state index in [0.717, 1.165) is 30.5 Å². The Bertz CT molecular complexity index is 575. The molecule has 1 aliphatic heterocycles. The number of methoxy groups -OCH3 is 2. The number of halogens is 1. The number of hydrogen-bond acceptors (Lipinski definition) is 4. The maximum Gasteiger partial charge on any atom is 0.195 e. The fraction of sp³-hybridized carbons (Fsp3) is 0.650. The summed E-state index contributed by atoms with van der Waals surface area (Å²) in [6.45, 7) is 9.64. The number of aliphatic imine (C=N–C) groups is 1. The molecule has 1 aromatic rings. The van der Waals surface area contributed by atoms with E-state index in [0.29, 0.717) is 11.7 Å². The molecule has 154 valence electrons. The van der Waals surface area contributed by atoms with Crippen LogP contribution in [-0.4, -0.2) is 57.8 Å². The second-order valence-corrected chi connectivity index (χ2v) is 6.70. The molecule has 27 heavy (non-hydrogen) atoms. The van der Waals surface area contributed by atoms with Gasteiger partial charge in [-0.3, -0.25) is 4.99 Å². The van der Waals surface area contributed by atoms with Crippen LogP contribution in [0.25, 0.3) is 0 Å². The summed E-state index contributed by atoms with van der Waals surface area (Å²) < 4.78 is 10.7. The molecule has 0 spiro atoms. The monoisotopic (exact) mass is 490 g/mol. The number of benzene rings is 1. The van der Waals surface area contributed by atoms with Crippen LogP contribution in [0.4, 0.5) is 5.69 Å². The minimum atomic E-state index is 0. The molecule has 0 saturated carbocycles. The van der Waals surface area contributed by atoms with Gasteiger partial charge in [-0.05, 0) is 63.9 Å². The predicted octanol–water partition coefficient (Wildman–Crippen LogP) is 3.82. The van der Waals surface area contributed by atoms with Crippen LogP contribution in [-0.2, 0) is 0 Å². The van der Waals surface area contributed by atoms with Gasteiger partial charge in [-0.1, -0.05) is 6.92 Å². The van der Waals surface area contributed by atoms with Crippen molar-refractivity contribution in [2.75, 3.05) is 52.3 Å². The van der Waals surface area contributed by atoms with Crippen LogP contribution < -0.4 is 20.1 Å². The Labute approximate surface area is 181 Å². The van der Waals surface area contributed by atoms with Crippen molar-refractivity contribution in [3.63, 3.8) is 0 Å². The van der Waals surface area contributed by atoms with E-state index < -0.39 is 0 Å². The van der Waals surface area contributed by atoms with E-state index in [9.17, 15) is 0 Å². The largest absolute Gasteiger partial charge is 0.493 e. The highest BCUT2D eigenvalue weighted by molar-refractivity contribution is 14.0. The molecule has 1 aliphatic rings. The van der Waals surface area contributed by atoms with Crippen molar-refractivity contribution in [3.8, 4) is 11.5 Å². The fourth-order valence-electron chi connectivity index (χ4n) is 3.29. The lowest BCUT2D eigenvalue weighted by molar-refractivity contribution is 0.188. The number of piperidine rings is 1. The molecule has 0 amide bonds. The molecule has 0 atom stereocenters. The zero-order chi connectivity index (χ0) is 18.8. The number of ether oxygens (including phenoxy) is 2. The summed E-state index contributed by atoms with van der Waals surface area (Å²) >= 11 is 0. The van der Waals surface area contributed by atoms with Gasteiger partial charge in [-0.15, -0.1) is 24.0 Å². The SMILES string of the molecule is CCCN1CCC(CN=C(NCC)Nc2ccc(OC)c(OC)c2)CC1.I. The highest BCUT2D eigenvalue weighted by Gasteiger charge is 2.18. The van der Waals surface area contributed by atoms with Crippen molar-refractivity contribution < 1.29 is 9.47 Å².